The molecule has 3 aliphatic carbocycles. The molecule has 0 saturated heterocycles. The molecule has 1 unspecified atom stereocenters. The number of carbonyl (C=O) groups is 2. The Hall–Kier alpha value is -2.83. The van der Waals surface area contributed by atoms with Crippen LogP contribution >= 0.6 is 0 Å². The highest BCUT2D eigenvalue weighted by Gasteiger charge is 2.70. The van der Waals surface area contributed by atoms with Crippen molar-refractivity contribution < 1.29 is 18.4 Å². The molecule has 1 atom stereocenters. The van der Waals surface area contributed by atoms with Gasteiger partial charge in [-0.25, -0.2) is 8.78 Å². The van der Waals surface area contributed by atoms with E-state index in [1.807, 2.05) is 12.1 Å². The standard InChI is InChI=1S/C21H21F2N3O2/c1-26(21-10-20(11-21,12-21)15-4-6-24-7-5-15)19(28)9-18(25-13-27)14-2-3-16(22)17(23)8-14/h2-8,13,18H,9-12H2,1H3,(H,25,27). The molecule has 3 saturated carbocycles. The van der Waals surface area contributed by atoms with Crippen molar-refractivity contribution in [3.63, 3.8) is 0 Å². The Kier molecular flexibility index (Phi) is 4.40. The number of hydrogen-bond acceptors (Lipinski definition) is 3. The van der Waals surface area contributed by atoms with Gasteiger partial charge in [0.1, 0.15) is 0 Å². The summed E-state index contributed by atoms with van der Waals surface area (Å²) >= 11 is 0. The van der Waals surface area contributed by atoms with Crippen LogP contribution in [0.4, 0.5) is 8.78 Å². The van der Waals surface area contributed by atoms with Gasteiger partial charge in [-0.1, -0.05) is 6.07 Å². The van der Waals surface area contributed by atoms with E-state index in [0.717, 1.165) is 31.4 Å². The summed E-state index contributed by atoms with van der Waals surface area (Å²) in [5, 5.41) is 2.54. The summed E-state index contributed by atoms with van der Waals surface area (Å²) in [6, 6.07) is 6.74. The lowest BCUT2D eigenvalue weighted by Gasteiger charge is -2.73. The fourth-order valence-corrected chi connectivity index (χ4v) is 4.76. The summed E-state index contributed by atoms with van der Waals surface area (Å²) in [5.41, 5.74) is 1.60. The largest absolute Gasteiger partial charge is 0.351 e. The van der Waals surface area contributed by atoms with Gasteiger partial charge in [0.05, 0.1) is 12.5 Å². The molecule has 5 rings (SSSR count). The lowest BCUT2D eigenvalue weighted by molar-refractivity contribution is -0.179. The molecule has 0 spiro atoms. The van der Waals surface area contributed by atoms with Crippen LogP contribution in [0.1, 0.15) is 42.9 Å². The van der Waals surface area contributed by atoms with E-state index >= 15 is 0 Å². The molecular weight excluding hydrogens is 364 g/mol. The molecule has 2 aromatic rings. The fraction of sp³-hybridized carbons (Fsp3) is 0.381. The summed E-state index contributed by atoms with van der Waals surface area (Å²) in [6.45, 7) is 0. The minimum absolute atomic E-state index is 0.00960. The normalized spacial score (nSPS) is 25.8. The van der Waals surface area contributed by atoms with Crippen molar-refractivity contribution in [2.45, 2.75) is 42.7 Å². The number of amides is 2. The van der Waals surface area contributed by atoms with Crippen LogP contribution in [0, 0.1) is 11.6 Å². The average Bonchev–Trinajstić information content (AvgIpc) is 2.62. The van der Waals surface area contributed by atoms with Crippen LogP contribution in [0.2, 0.25) is 0 Å². The van der Waals surface area contributed by atoms with E-state index < -0.39 is 17.7 Å². The van der Waals surface area contributed by atoms with Crippen LogP contribution < -0.4 is 5.32 Å². The van der Waals surface area contributed by atoms with Crippen molar-refractivity contribution in [1.29, 1.82) is 0 Å². The lowest BCUT2D eigenvalue weighted by Crippen LogP contribution is -2.76. The summed E-state index contributed by atoms with van der Waals surface area (Å²) in [7, 11) is 1.78. The van der Waals surface area contributed by atoms with E-state index in [9.17, 15) is 18.4 Å². The van der Waals surface area contributed by atoms with Crippen molar-refractivity contribution in [3.05, 3.63) is 65.5 Å². The number of aromatic nitrogens is 1. The molecule has 3 fully saturated rings. The van der Waals surface area contributed by atoms with Crippen LogP contribution in [0.25, 0.3) is 0 Å². The second-order valence-electron chi connectivity index (χ2n) is 7.94. The first-order chi connectivity index (χ1) is 13.4. The smallest absolute Gasteiger partial charge is 0.225 e. The number of pyridine rings is 1. The van der Waals surface area contributed by atoms with E-state index in [4.69, 9.17) is 0 Å². The number of rotatable bonds is 7. The van der Waals surface area contributed by atoms with Crippen LogP contribution in [0.3, 0.4) is 0 Å². The third-order valence-electron chi connectivity index (χ3n) is 6.37. The van der Waals surface area contributed by atoms with Crippen molar-refractivity contribution in [3.8, 4) is 0 Å². The van der Waals surface area contributed by atoms with E-state index in [-0.39, 0.29) is 23.3 Å². The maximum absolute atomic E-state index is 13.5. The Balaban J connectivity index is 1.43. The van der Waals surface area contributed by atoms with E-state index in [1.165, 1.54) is 11.6 Å². The topological polar surface area (TPSA) is 62.3 Å². The second-order valence-corrected chi connectivity index (χ2v) is 7.94. The molecule has 1 heterocycles. The quantitative estimate of drug-likeness (QED) is 0.746. The Bertz CT molecular complexity index is 899. The van der Waals surface area contributed by atoms with Crippen molar-refractivity contribution in [1.82, 2.24) is 15.2 Å². The fourth-order valence-electron chi connectivity index (χ4n) is 4.76. The molecule has 3 aliphatic rings. The molecule has 0 aliphatic heterocycles. The van der Waals surface area contributed by atoms with Gasteiger partial charge in [0.15, 0.2) is 11.6 Å². The zero-order chi connectivity index (χ0) is 19.9. The summed E-state index contributed by atoms with van der Waals surface area (Å²) in [6.07, 6.45) is 6.75. The molecule has 146 valence electrons. The maximum atomic E-state index is 13.5. The van der Waals surface area contributed by atoms with Gasteiger partial charge in [0.2, 0.25) is 12.3 Å². The van der Waals surface area contributed by atoms with Crippen LogP contribution in [0.15, 0.2) is 42.7 Å². The number of nitrogens with zero attached hydrogens (tertiary/aromatic N) is 2. The van der Waals surface area contributed by atoms with Gasteiger partial charge in [-0.3, -0.25) is 14.6 Å². The Morgan fingerprint density at radius 2 is 1.89 bits per heavy atom. The molecule has 1 aromatic carbocycles. The van der Waals surface area contributed by atoms with Gasteiger partial charge < -0.3 is 10.2 Å². The Morgan fingerprint density at radius 1 is 1.21 bits per heavy atom. The highest BCUT2D eigenvalue weighted by Crippen LogP contribution is 2.70. The highest BCUT2D eigenvalue weighted by atomic mass is 19.2. The Morgan fingerprint density at radius 3 is 2.50 bits per heavy atom. The SMILES string of the molecule is CN(C(=O)CC(NC=O)c1ccc(F)c(F)c1)C12CC(c3ccncc3)(C1)C2. The molecule has 2 bridgehead atoms. The van der Waals surface area contributed by atoms with Crippen LogP contribution in [0.5, 0.6) is 0 Å². The number of benzene rings is 1. The zero-order valence-electron chi connectivity index (χ0n) is 15.5. The molecule has 5 nitrogen and oxygen atoms in total. The van der Waals surface area contributed by atoms with Crippen molar-refractivity contribution in [2.75, 3.05) is 7.05 Å². The lowest BCUT2D eigenvalue weighted by atomic mass is 9.37. The Labute approximate surface area is 161 Å². The maximum Gasteiger partial charge on any atom is 0.225 e. The molecule has 7 heteroatoms. The van der Waals surface area contributed by atoms with Crippen LogP contribution in [-0.2, 0) is 15.0 Å². The van der Waals surface area contributed by atoms with Crippen molar-refractivity contribution in [2.24, 2.45) is 0 Å². The van der Waals surface area contributed by atoms with Crippen molar-refractivity contribution >= 4 is 12.3 Å². The average molecular weight is 385 g/mol. The number of nitrogens with one attached hydrogen (secondary N) is 1. The van der Waals surface area contributed by atoms with Gasteiger partial charge in [0, 0.05) is 30.4 Å². The first-order valence-electron chi connectivity index (χ1n) is 9.21. The first-order valence-corrected chi connectivity index (χ1v) is 9.21. The second kappa shape index (κ2) is 6.65. The minimum Gasteiger partial charge on any atom is -0.351 e. The molecule has 1 aromatic heterocycles. The van der Waals surface area contributed by atoms with E-state index in [0.29, 0.717) is 12.0 Å². The minimum atomic E-state index is -1.00. The monoisotopic (exact) mass is 385 g/mol. The third-order valence-corrected chi connectivity index (χ3v) is 6.37. The molecule has 0 radical (unpaired) electrons. The number of halogens is 2. The van der Waals surface area contributed by atoms with Crippen LogP contribution in [-0.4, -0.2) is 34.8 Å². The van der Waals surface area contributed by atoms with Gasteiger partial charge in [-0.05, 0) is 54.7 Å². The predicted octanol–water partition coefficient (Wildman–Crippen LogP) is 2.87. The highest BCUT2D eigenvalue weighted by molar-refractivity contribution is 5.79. The van der Waals surface area contributed by atoms with Gasteiger partial charge in [-0.15, -0.1) is 0 Å². The van der Waals surface area contributed by atoms with E-state index in [2.05, 4.69) is 10.3 Å². The predicted molar refractivity (Wildman–Crippen MR) is 98.2 cm³/mol. The summed E-state index contributed by atoms with van der Waals surface area (Å²) in [5.74, 6) is -2.10. The van der Waals surface area contributed by atoms with Gasteiger partial charge >= 0.3 is 0 Å². The first kappa shape index (κ1) is 18.5. The number of hydrogen-bond donors (Lipinski definition) is 1. The van der Waals surface area contributed by atoms with E-state index in [1.54, 1.807) is 24.3 Å². The van der Waals surface area contributed by atoms with Gasteiger partial charge in [0.25, 0.3) is 0 Å². The molecule has 2 amide bonds. The van der Waals surface area contributed by atoms with Gasteiger partial charge in [-0.2, -0.15) is 0 Å². The third kappa shape index (κ3) is 2.85. The summed E-state index contributed by atoms with van der Waals surface area (Å²) < 4.78 is 26.7. The number of carbonyl (C=O) groups excluding carboxylic acids is 2. The molecule has 28 heavy (non-hydrogen) atoms. The zero-order valence-corrected chi connectivity index (χ0v) is 15.5. The molecule has 1 N–H and O–H groups in total. The summed E-state index contributed by atoms with van der Waals surface area (Å²) in [4.78, 5) is 29.6. The molecular formula is C21H21F2N3O2.